The first-order valence-corrected chi connectivity index (χ1v) is 3.16. The normalized spacial score (nSPS) is 8.80. The highest BCUT2D eigenvalue weighted by atomic mass is 16.5. The third-order valence-corrected chi connectivity index (χ3v) is 0.402. The Labute approximate surface area is 62.9 Å². The lowest BCUT2D eigenvalue weighted by Crippen LogP contribution is -2.17. The molecular formula is C8H16O2. The maximum Gasteiger partial charge on any atom is 0.293 e. The van der Waals surface area contributed by atoms with Crippen LogP contribution in [-0.4, -0.2) is 12.1 Å². The lowest BCUT2D eigenvalue weighted by atomic mass is 10.2. The van der Waals surface area contributed by atoms with Crippen LogP contribution in [0.5, 0.6) is 0 Å². The Morgan fingerprint density at radius 1 is 1.40 bits per heavy atom. The van der Waals surface area contributed by atoms with Crippen molar-refractivity contribution in [1.29, 1.82) is 0 Å². The Bertz CT molecular complexity index is 89.9. The summed E-state index contributed by atoms with van der Waals surface area (Å²) in [7, 11) is 0. The number of allylic oxidation sites excluding steroid dienone is 1. The number of ether oxygens (including phenoxy) is 1. The van der Waals surface area contributed by atoms with Crippen molar-refractivity contribution < 1.29 is 9.53 Å². The van der Waals surface area contributed by atoms with Gasteiger partial charge in [-0.05, 0) is 27.7 Å². The van der Waals surface area contributed by atoms with Crippen molar-refractivity contribution >= 4 is 6.47 Å². The number of carbonyl (C=O) groups excluding carboxylic acids is 1. The molecule has 0 heterocycles. The Kier molecular flexibility index (Phi) is 7.56. The van der Waals surface area contributed by atoms with E-state index in [9.17, 15) is 4.79 Å². The molecule has 0 spiro atoms. The second kappa shape index (κ2) is 6.33. The molecule has 0 amide bonds. The monoisotopic (exact) mass is 144 g/mol. The molecular weight excluding hydrogens is 128 g/mol. The van der Waals surface area contributed by atoms with Crippen molar-refractivity contribution in [3.63, 3.8) is 0 Å². The molecule has 0 saturated heterocycles. The molecule has 0 bridgehead atoms. The zero-order valence-electron chi connectivity index (χ0n) is 7.18. The van der Waals surface area contributed by atoms with Crippen LogP contribution in [0.3, 0.4) is 0 Å². The molecule has 0 fully saturated rings. The quantitative estimate of drug-likeness (QED) is 0.416. The van der Waals surface area contributed by atoms with E-state index in [-0.39, 0.29) is 5.60 Å². The Hall–Kier alpha value is -0.790. The van der Waals surface area contributed by atoms with Gasteiger partial charge in [-0.2, -0.15) is 0 Å². The summed E-state index contributed by atoms with van der Waals surface area (Å²) in [5, 5.41) is 0. The van der Waals surface area contributed by atoms with E-state index in [2.05, 4.69) is 11.3 Å². The molecule has 0 atom stereocenters. The fourth-order valence-electron chi connectivity index (χ4n) is 0.144. The number of carbonyl (C=O) groups is 1. The van der Waals surface area contributed by atoms with Gasteiger partial charge >= 0.3 is 0 Å². The van der Waals surface area contributed by atoms with Crippen LogP contribution in [0, 0.1) is 0 Å². The molecule has 0 saturated carbocycles. The van der Waals surface area contributed by atoms with E-state index >= 15 is 0 Å². The van der Waals surface area contributed by atoms with Crippen LogP contribution in [0.2, 0.25) is 0 Å². The van der Waals surface area contributed by atoms with E-state index in [1.165, 1.54) is 0 Å². The summed E-state index contributed by atoms with van der Waals surface area (Å²) in [4.78, 5) is 9.60. The smallest absolute Gasteiger partial charge is 0.293 e. The SMILES string of the molecule is C=CC.CC(C)(C)OC=O. The molecule has 0 aromatic rings. The summed E-state index contributed by atoms with van der Waals surface area (Å²) < 4.78 is 4.55. The highest BCUT2D eigenvalue weighted by molar-refractivity contribution is 5.37. The third kappa shape index (κ3) is 27.0. The molecule has 0 aromatic carbocycles. The van der Waals surface area contributed by atoms with Crippen LogP contribution < -0.4 is 0 Å². The van der Waals surface area contributed by atoms with Crippen LogP contribution >= 0.6 is 0 Å². The maximum absolute atomic E-state index is 9.60. The van der Waals surface area contributed by atoms with Gasteiger partial charge in [0, 0.05) is 0 Å². The van der Waals surface area contributed by atoms with Crippen molar-refractivity contribution in [1.82, 2.24) is 0 Å². The van der Waals surface area contributed by atoms with Crippen LogP contribution in [0.4, 0.5) is 0 Å². The van der Waals surface area contributed by atoms with E-state index in [0.717, 1.165) is 0 Å². The van der Waals surface area contributed by atoms with Gasteiger partial charge in [0.15, 0.2) is 0 Å². The highest BCUT2D eigenvalue weighted by Crippen LogP contribution is 2.02. The standard InChI is InChI=1S/C5H10O2.C3H6/c1-5(2,3)7-4-6;1-3-2/h4H,1-3H3;3H,1H2,2H3. The lowest BCUT2D eigenvalue weighted by Gasteiger charge is -2.14. The average Bonchev–Trinajstić information content (AvgIpc) is 1.63. The topological polar surface area (TPSA) is 26.3 Å². The minimum atomic E-state index is -0.318. The molecule has 10 heavy (non-hydrogen) atoms. The maximum atomic E-state index is 9.60. The predicted molar refractivity (Wildman–Crippen MR) is 42.8 cm³/mol. The van der Waals surface area contributed by atoms with Crippen molar-refractivity contribution in [3.05, 3.63) is 12.7 Å². The molecule has 0 aliphatic rings. The average molecular weight is 144 g/mol. The molecule has 0 N–H and O–H groups in total. The highest BCUT2D eigenvalue weighted by Gasteiger charge is 2.07. The van der Waals surface area contributed by atoms with Gasteiger partial charge in [-0.25, -0.2) is 0 Å². The third-order valence-electron chi connectivity index (χ3n) is 0.402. The molecule has 2 nitrogen and oxygen atoms in total. The number of rotatable bonds is 1. The number of hydrogen-bond acceptors (Lipinski definition) is 2. The van der Waals surface area contributed by atoms with Crippen LogP contribution in [0.25, 0.3) is 0 Å². The van der Waals surface area contributed by atoms with Gasteiger partial charge in [-0.3, -0.25) is 4.79 Å². The van der Waals surface area contributed by atoms with Gasteiger partial charge in [0.25, 0.3) is 6.47 Å². The van der Waals surface area contributed by atoms with Crippen molar-refractivity contribution in [2.75, 3.05) is 0 Å². The first-order chi connectivity index (χ1) is 4.47. The molecule has 0 rings (SSSR count). The molecule has 0 radical (unpaired) electrons. The molecule has 0 unspecified atom stereocenters. The number of hydrogen-bond donors (Lipinski definition) is 0. The van der Waals surface area contributed by atoms with E-state index in [1.54, 1.807) is 6.08 Å². The Morgan fingerprint density at radius 3 is 1.70 bits per heavy atom. The minimum Gasteiger partial charge on any atom is -0.462 e. The fourth-order valence-corrected chi connectivity index (χ4v) is 0.144. The Morgan fingerprint density at radius 2 is 1.70 bits per heavy atom. The largest absolute Gasteiger partial charge is 0.462 e. The van der Waals surface area contributed by atoms with Gasteiger partial charge in [-0.15, -0.1) is 6.58 Å². The Balaban J connectivity index is 0. The van der Waals surface area contributed by atoms with Gasteiger partial charge < -0.3 is 4.74 Å². The summed E-state index contributed by atoms with van der Waals surface area (Å²) in [5.74, 6) is 0. The van der Waals surface area contributed by atoms with E-state index in [0.29, 0.717) is 6.47 Å². The summed E-state index contributed by atoms with van der Waals surface area (Å²) in [6.45, 7) is 11.2. The van der Waals surface area contributed by atoms with E-state index in [4.69, 9.17) is 0 Å². The van der Waals surface area contributed by atoms with Crippen LogP contribution in [0.1, 0.15) is 27.7 Å². The molecule has 60 valence electrons. The van der Waals surface area contributed by atoms with Crippen molar-refractivity contribution in [2.24, 2.45) is 0 Å². The molecule has 0 aliphatic carbocycles. The zero-order chi connectivity index (χ0) is 8.62. The molecule has 0 aromatic heterocycles. The van der Waals surface area contributed by atoms with E-state index < -0.39 is 0 Å². The molecule has 0 aliphatic heterocycles. The fraction of sp³-hybridized carbons (Fsp3) is 0.625. The van der Waals surface area contributed by atoms with Gasteiger partial charge in [0.2, 0.25) is 0 Å². The second-order valence-corrected chi connectivity index (χ2v) is 2.73. The summed E-state index contributed by atoms with van der Waals surface area (Å²) in [5.41, 5.74) is -0.318. The lowest BCUT2D eigenvalue weighted by molar-refractivity contribution is -0.138. The van der Waals surface area contributed by atoms with Crippen LogP contribution in [0.15, 0.2) is 12.7 Å². The predicted octanol–water partition coefficient (Wildman–Crippen LogP) is 2.15. The van der Waals surface area contributed by atoms with Crippen molar-refractivity contribution in [2.45, 2.75) is 33.3 Å². The minimum absolute atomic E-state index is 0.318. The van der Waals surface area contributed by atoms with Gasteiger partial charge in [0.05, 0.1) is 0 Å². The summed E-state index contributed by atoms with van der Waals surface area (Å²) in [6.07, 6.45) is 1.75. The first kappa shape index (κ1) is 11.9. The van der Waals surface area contributed by atoms with Crippen molar-refractivity contribution in [3.8, 4) is 0 Å². The summed E-state index contributed by atoms with van der Waals surface area (Å²) in [6, 6.07) is 0. The first-order valence-electron chi connectivity index (χ1n) is 3.16. The van der Waals surface area contributed by atoms with Crippen LogP contribution in [-0.2, 0) is 9.53 Å². The van der Waals surface area contributed by atoms with Gasteiger partial charge in [0.1, 0.15) is 5.60 Å². The second-order valence-electron chi connectivity index (χ2n) is 2.73. The zero-order valence-corrected chi connectivity index (χ0v) is 7.18. The summed E-state index contributed by atoms with van der Waals surface area (Å²) >= 11 is 0. The van der Waals surface area contributed by atoms with Gasteiger partial charge in [-0.1, -0.05) is 6.08 Å². The van der Waals surface area contributed by atoms with E-state index in [1.807, 2.05) is 27.7 Å². The molecule has 2 heteroatoms.